The normalized spacial score (nSPS) is 22.2. The van der Waals surface area contributed by atoms with Crippen LogP contribution >= 0.6 is 11.8 Å². The summed E-state index contributed by atoms with van der Waals surface area (Å²) in [6, 6.07) is 3.97. The molecule has 0 aromatic carbocycles. The highest BCUT2D eigenvalue weighted by Crippen LogP contribution is 2.28. The highest BCUT2D eigenvalue weighted by molar-refractivity contribution is 7.99. The first-order valence-corrected chi connectivity index (χ1v) is 8.07. The van der Waals surface area contributed by atoms with E-state index in [2.05, 4.69) is 21.9 Å². The van der Waals surface area contributed by atoms with Crippen molar-refractivity contribution in [3.63, 3.8) is 0 Å². The first-order valence-electron chi connectivity index (χ1n) is 6.78. The SMILES string of the molecule is CCNc1ccnc(C(=O)NC2CCCC2SC)c1. The van der Waals surface area contributed by atoms with Crippen molar-refractivity contribution in [2.24, 2.45) is 0 Å². The van der Waals surface area contributed by atoms with E-state index >= 15 is 0 Å². The molecule has 104 valence electrons. The van der Waals surface area contributed by atoms with E-state index in [-0.39, 0.29) is 11.9 Å². The number of hydrogen-bond donors (Lipinski definition) is 2. The molecular weight excluding hydrogens is 258 g/mol. The molecule has 0 radical (unpaired) electrons. The number of nitrogens with zero attached hydrogens (tertiary/aromatic N) is 1. The maximum absolute atomic E-state index is 12.2. The van der Waals surface area contributed by atoms with Crippen LogP contribution in [0, 0.1) is 0 Å². The average molecular weight is 279 g/mol. The molecule has 1 amide bonds. The Morgan fingerprint density at radius 1 is 1.53 bits per heavy atom. The minimum absolute atomic E-state index is 0.0642. The summed E-state index contributed by atoms with van der Waals surface area (Å²) in [7, 11) is 0. The van der Waals surface area contributed by atoms with Crippen LogP contribution in [0.4, 0.5) is 5.69 Å². The molecule has 1 saturated carbocycles. The lowest BCUT2D eigenvalue weighted by Crippen LogP contribution is -2.39. The van der Waals surface area contributed by atoms with Crippen LogP contribution in [0.3, 0.4) is 0 Å². The van der Waals surface area contributed by atoms with Gasteiger partial charge in [0.25, 0.3) is 5.91 Å². The Morgan fingerprint density at radius 2 is 2.37 bits per heavy atom. The number of thioether (sulfide) groups is 1. The maximum Gasteiger partial charge on any atom is 0.270 e. The largest absolute Gasteiger partial charge is 0.385 e. The van der Waals surface area contributed by atoms with Gasteiger partial charge in [-0.3, -0.25) is 9.78 Å². The predicted octanol–water partition coefficient (Wildman–Crippen LogP) is 2.53. The molecule has 0 aliphatic heterocycles. The predicted molar refractivity (Wildman–Crippen MR) is 80.8 cm³/mol. The number of carbonyl (C=O) groups excluding carboxylic acids is 1. The zero-order valence-electron chi connectivity index (χ0n) is 11.5. The second-order valence-corrected chi connectivity index (χ2v) is 5.82. The van der Waals surface area contributed by atoms with Crippen molar-refractivity contribution in [3.05, 3.63) is 24.0 Å². The van der Waals surface area contributed by atoms with Crippen molar-refractivity contribution in [3.8, 4) is 0 Å². The van der Waals surface area contributed by atoms with Gasteiger partial charge >= 0.3 is 0 Å². The fourth-order valence-electron chi connectivity index (χ4n) is 2.48. The smallest absolute Gasteiger partial charge is 0.270 e. The van der Waals surface area contributed by atoms with E-state index in [9.17, 15) is 4.79 Å². The Balaban J connectivity index is 2.01. The van der Waals surface area contributed by atoms with E-state index in [1.807, 2.05) is 30.8 Å². The number of pyridine rings is 1. The van der Waals surface area contributed by atoms with E-state index in [0.29, 0.717) is 10.9 Å². The van der Waals surface area contributed by atoms with Crippen LogP contribution in [-0.4, -0.2) is 35.0 Å². The third kappa shape index (κ3) is 3.62. The summed E-state index contributed by atoms with van der Waals surface area (Å²) in [5, 5.41) is 6.85. The number of anilines is 1. The third-order valence-corrected chi connectivity index (χ3v) is 4.62. The highest BCUT2D eigenvalue weighted by atomic mass is 32.2. The lowest BCUT2D eigenvalue weighted by molar-refractivity contribution is 0.0933. The second-order valence-electron chi connectivity index (χ2n) is 4.75. The van der Waals surface area contributed by atoms with Gasteiger partial charge in [-0.05, 0) is 38.2 Å². The number of rotatable bonds is 5. The molecule has 5 heteroatoms. The molecule has 0 spiro atoms. The van der Waals surface area contributed by atoms with Gasteiger partial charge < -0.3 is 10.6 Å². The summed E-state index contributed by atoms with van der Waals surface area (Å²) in [5.74, 6) is -0.0642. The van der Waals surface area contributed by atoms with Gasteiger partial charge in [-0.25, -0.2) is 0 Å². The molecule has 1 heterocycles. The first-order chi connectivity index (χ1) is 9.24. The molecular formula is C14H21N3OS. The lowest BCUT2D eigenvalue weighted by Gasteiger charge is -2.19. The Hall–Kier alpha value is -1.23. The minimum atomic E-state index is -0.0642. The van der Waals surface area contributed by atoms with Crippen LogP contribution in [-0.2, 0) is 0 Å². The van der Waals surface area contributed by atoms with Crippen molar-refractivity contribution >= 4 is 23.4 Å². The molecule has 0 saturated heterocycles. The number of hydrogen-bond acceptors (Lipinski definition) is 4. The molecule has 19 heavy (non-hydrogen) atoms. The third-order valence-electron chi connectivity index (χ3n) is 3.45. The summed E-state index contributed by atoms with van der Waals surface area (Å²) >= 11 is 1.84. The fraction of sp³-hybridized carbons (Fsp3) is 0.571. The van der Waals surface area contributed by atoms with Gasteiger partial charge in [0, 0.05) is 29.7 Å². The Labute approximate surface area is 118 Å². The summed E-state index contributed by atoms with van der Waals surface area (Å²) in [6.07, 6.45) is 7.25. The number of nitrogens with one attached hydrogen (secondary N) is 2. The second kappa shape index (κ2) is 6.80. The van der Waals surface area contributed by atoms with Gasteiger partial charge in [-0.15, -0.1) is 0 Å². The Bertz CT molecular complexity index is 438. The molecule has 4 nitrogen and oxygen atoms in total. The van der Waals surface area contributed by atoms with Crippen molar-refractivity contribution in [2.75, 3.05) is 18.1 Å². The van der Waals surface area contributed by atoms with E-state index in [4.69, 9.17) is 0 Å². The zero-order valence-corrected chi connectivity index (χ0v) is 12.3. The average Bonchev–Trinajstić information content (AvgIpc) is 2.86. The van der Waals surface area contributed by atoms with Crippen LogP contribution in [0.25, 0.3) is 0 Å². The van der Waals surface area contributed by atoms with Crippen LogP contribution < -0.4 is 10.6 Å². The van der Waals surface area contributed by atoms with Crippen molar-refractivity contribution < 1.29 is 4.79 Å². The molecule has 2 N–H and O–H groups in total. The van der Waals surface area contributed by atoms with Gasteiger partial charge in [0.15, 0.2) is 0 Å². The topological polar surface area (TPSA) is 54.0 Å². The molecule has 1 aliphatic rings. The van der Waals surface area contributed by atoms with Crippen LogP contribution in [0.5, 0.6) is 0 Å². The quantitative estimate of drug-likeness (QED) is 0.869. The molecule has 2 unspecified atom stereocenters. The van der Waals surface area contributed by atoms with E-state index < -0.39 is 0 Å². The van der Waals surface area contributed by atoms with Crippen molar-refractivity contribution in [1.82, 2.24) is 10.3 Å². The van der Waals surface area contributed by atoms with Crippen molar-refractivity contribution in [1.29, 1.82) is 0 Å². The van der Waals surface area contributed by atoms with E-state index in [0.717, 1.165) is 18.7 Å². The summed E-state index contributed by atoms with van der Waals surface area (Å²) < 4.78 is 0. The standard InChI is InChI=1S/C14H21N3OS/c1-3-15-10-7-8-16-12(9-10)14(18)17-11-5-4-6-13(11)19-2/h7-9,11,13H,3-6H2,1-2H3,(H,15,16)(H,17,18). The Morgan fingerprint density at radius 3 is 3.11 bits per heavy atom. The van der Waals surface area contributed by atoms with Crippen LogP contribution in [0.2, 0.25) is 0 Å². The Kier molecular flexibility index (Phi) is 5.07. The zero-order chi connectivity index (χ0) is 13.7. The van der Waals surface area contributed by atoms with Gasteiger partial charge in [0.2, 0.25) is 0 Å². The number of amides is 1. The van der Waals surface area contributed by atoms with Crippen LogP contribution in [0.15, 0.2) is 18.3 Å². The molecule has 1 aromatic rings. The first kappa shape index (κ1) is 14.2. The lowest BCUT2D eigenvalue weighted by atomic mass is 10.2. The number of aromatic nitrogens is 1. The van der Waals surface area contributed by atoms with Gasteiger partial charge in [0.1, 0.15) is 5.69 Å². The van der Waals surface area contributed by atoms with E-state index in [1.54, 1.807) is 6.20 Å². The summed E-state index contributed by atoms with van der Waals surface area (Å²) in [6.45, 7) is 2.87. The van der Waals surface area contributed by atoms with Crippen LogP contribution in [0.1, 0.15) is 36.7 Å². The van der Waals surface area contributed by atoms with Gasteiger partial charge in [-0.1, -0.05) is 6.42 Å². The molecule has 1 aliphatic carbocycles. The summed E-state index contributed by atoms with van der Waals surface area (Å²) in [4.78, 5) is 16.4. The number of carbonyl (C=O) groups is 1. The molecule has 2 atom stereocenters. The monoisotopic (exact) mass is 279 g/mol. The van der Waals surface area contributed by atoms with Crippen molar-refractivity contribution in [2.45, 2.75) is 37.5 Å². The summed E-state index contributed by atoms with van der Waals surface area (Å²) in [5.41, 5.74) is 1.43. The highest BCUT2D eigenvalue weighted by Gasteiger charge is 2.28. The van der Waals surface area contributed by atoms with E-state index in [1.165, 1.54) is 12.8 Å². The molecule has 1 fully saturated rings. The maximum atomic E-state index is 12.2. The van der Waals surface area contributed by atoms with Gasteiger partial charge in [-0.2, -0.15) is 11.8 Å². The molecule has 1 aromatic heterocycles. The fourth-order valence-corrected chi connectivity index (χ4v) is 3.42. The molecule has 0 bridgehead atoms. The molecule has 2 rings (SSSR count). The minimum Gasteiger partial charge on any atom is -0.385 e. The van der Waals surface area contributed by atoms with Gasteiger partial charge in [0.05, 0.1) is 0 Å².